The second-order valence-electron chi connectivity index (χ2n) is 5.62. The van der Waals surface area contributed by atoms with Gasteiger partial charge >= 0.3 is 5.97 Å². The van der Waals surface area contributed by atoms with E-state index in [1.54, 1.807) is 22.8 Å². The van der Waals surface area contributed by atoms with Gasteiger partial charge in [-0.25, -0.2) is 13.2 Å². The molecule has 1 aliphatic heterocycles. The Morgan fingerprint density at radius 2 is 2.14 bits per heavy atom. The topological polar surface area (TPSA) is 76.4 Å². The fourth-order valence-electron chi connectivity index (χ4n) is 3.07. The molecule has 7 heteroatoms. The quantitative estimate of drug-likeness (QED) is 0.931. The number of carboxylic acid groups (broad SMARTS) is 1. The summed E-state index contributed by atoms with van der Waals surface area (Å²) in [7, 11) is -3.13. The van der Waals surface area contributed by atoms with Gasteiger partial charge in [-0.2, -0.15) is 0 Å². The number of carboxylic acids is 1. The molecular formula is C15H16ClNO4S. The van der Waals surface area contributed by atoms with Crippen molar-refractivity contribution < 1.29 is 18.3 Å². The molecule has 1 aromatic heterocycles. The molecule has 3 rings (SSSR count). The van der Waals surface area contributed by atoms with Crippen molar-refractivity contribution in [1.82, 2.24) is 4.57 Å². The molecule has 2 aromatic rings. The Morgan fingerprint density at radius 1 is 1.36 bits per heavy atom. The zero-order valence-electron chi connectivity index (χ0n) is 11.8. The van der Waals surface area contributed by atoms with Crippen LogP contribution in [0.2, 0.25) is 5.02 Å². The van der Waals surface area contributed by atoms with Crippen molar-refractivity contribution in [2.75, 3.05) is 5.75 Å². The van der Waals surface area contributed by atoms with E-state index >= 15 is 0 Å². The van der Waals surface area contributed by atoms with E-state index in [1.807, 2.05) is 0 Å². The summed E-state index contributed by atoms with van der Waals surface area (Å²) in [6, 6.07) is 5.07. The van der Waals surface area contributed by atoms with Crippen LogP contribution in [0.15, 0.2) is 24.4 Å². The molecule has 0 bridgehead atoms. The van der Waals surface area contributed by atoms with Crippen LogP contribution in [0.5, 0.6) is 0 Å². The molecule has 1 saturated heterocycles. The Kier molecular flexibility index (Phi) is 3.91. The molecule has 2 heterocycles. The number of nitrogens with zero attached hydrogens (tertiary/aromatic N) is 1. The smallest absolute Gasteiger partial charge is 0.337 e. The zero-order valence-corrected chi connectivity index (χ0v) is 13.4. The summed E-state index contributed by atoms with van der Waals surface area (Å²) < 4.78 is 26.0. The number of para-hydroxylation sites is 1. The van der Waals surface area contributed by atoms with Crippen LogP contribution in [0.3, 0.4) is 0 Å². The van der Waals surface area contributed by atoms with E-state index in [9.17, 15) is 18.3 Å². The Bertz CT molecular complexity index is 841. The average molecular weight is 342 g/mol. The fraction of sp³-hybridized carbons (Fsp3) is 0.400. The summed E-state index contributed by atoms with van der Waals surface area (Å²) in [5.41, 5.74) is 0.730. The number of halogens is 1. The number of hydrogen-bond acceptors (Lipinski definition) is 3. The van der Waals surface area contributed by atoms with Gasteiger partial charge in [0.1, 0.15) is 0 Å². The second kappa shape index (κ2) is 5.59. The van der Waals surface area contributed by atoms with Crippen molar-refractivity contribution in [3.05, 3.63) is 35.0 Å². The van der Waals surface area contributed by atoms with E-state index < -0.39 is 21.1 Å². The van der Waals surface area contributed by atoms with Gasteiger partial charge in [0.05, 0.1) is 27.1 Å². The van der Waals surface area contributed by atoms with E-state index in [1.165, 1.54) is 6.20 Å². The molecule has 5 nitrogen and oxygen atoms in total. The predicted molar refractivity (Wildman–Crippen MR) is 85.3 cm³/mol. The van der Waals surface area contributed by atoms with Gasteiger partial charge in [0, 0.05) is 18.1 Å². The molecule has 1 unspecified atom stereocenters. The van der Waals surface area contributed by atoms with Crippen LogP contribution in [-0.4, -0.2) is 35.1 Å². The molecule has 1 aromatic carbocycles. The molecule has 1 N–H and O–H groups in total. The molecule has 1 atom stereocenters. The lowest BCUT2D eigenvalue weighted by Crippen LogP contribution is -2.32. The van der Waals surface area contributed by atoms with Crippen LogP contribution in [0.25, 0.3) is 10.9 Å². The summed E-state index contributed by atoms with van der Waals surface area (Å²) in [6.07, 6.45) is 3.67. The number of rotatable bonds is 3. The van der Waals surface area contributed by atoms with Crippen molar-refractivity contribution in [3.63, 3.8) is 0 Å². The minimum Gasteiger partial charge on any atom is -0.478 e. The second-order valence-corrected chi connectivity index (χ2v) is 8.43. The molecule has 118 valence electrons. The number of sulfone groups is 1. The maximum atomic E-state index is 12.2. The summed E-state index contributed by atoms with van der Waals surface area (Å²) in [5, 5.41) is 9.81. The molecule has 0 spiro atoms. The molecule has 0 radical (unpaired) electrons. The van der Waals surface area contributed by atoms with Crippen molar-refractivity contribution in [3.8, 4) is 0 Å². The van der Waals surface area contributed by atoms with Gasteiger partial charge < -0.3 is 9.67 Å². The standard InChI is InChI=1S/C15H16ClNO4S/c16-13-6-3-5-11-12(15(18)19)9-17(14(11)13)8-10-4-1-2-7-22(10,20)21/h3,5-6,9-10H,1-2,4,7-8H2,(H,18,19). The Morgan fingerprint density at radius 3 is 2.82 bits per heavy atom. The first-order chi connectivity index (χ1) is 10.4. The minimum atomic E-state index is -3.13. The highest BCUT2D eigenvalue weighted by atomic mass is 35.5. The van der Waals surface area contributed by atoms with Gasteiger partial charge in [0.2, 0.25) is 0 Å². The maximum Gasteiger partial charge on any atom is 0.337 e. The monoisotopic (exact) mass is 341 g/mol. The number of benzene rings is 1. The first-order valence-electron chi connectivity index (χ1n) is 7.12. The fourth-order valence-corrected chi connectivity index (χ4v) is 5.21. The third kappa shape index (κ3) is 2.61. The number of carbonyl (C=O) groups is 1. The van der Waals surface area contributed by atoms with Gasteiger partial charge in [-0.3, -0.25) is 0 Å². The number of fused-ring (bicyclic) bond motifs is 1. The molecule has 0 aliphatic carbocycles. The van der Waals surface area contributed by atoms with Crippen LogP contribution in [0, 0.1) is 0 Å². The lowest BCUT2D eigenvalue weighted by Gasteiger charge is -2.23. The lowest BCUT2D eigenvalue weighted by atomic mass is 10.2. The van der Waals surface area contributed by atoms with Crippen LogP contribution in [0.4, 0.5) is 0 Å². The minimum absolute atomic E-state index is 0.144. The number of hydrogen-bond donors (Lipinski definition) is 1. The SMILES string of the molecule is O=C(O)c1cn(CC2CCCCS2(=O)=O)c2c(Cl)cccc12. The molecule has 0 amide bonds. The van der Waals surface area contributed by atoms with Crippen molar-refractivity contribution >= 4 is 38.3 Å². The molecule has 1 aliphatic rings. The highest BCUT2D eigenvalue weighted by Gasteiger charge is 2.30. The summed E-state index contributed by atoms with van der Waals surface area (Å²) in [6.45, 7) is 0.246. The average Bonchev–Trinajstić information content (AvgIpc) is 2.81. The van der Waals surface area contributed by atoms with Gasteiger partial charge in [-0.05, 0) is 18.9 Å². The van der Waals surface area contributed by atoms with Crippen molar-refractivity contribution in [2.45, 2.75) is 31.1 Å². The summed E-state index contributed by atoms with van der Waals surface area (Å²) in [5.74, 6) is -0.839. The van der Waals surface area contributed by atoms with Crippen molar-refractivity contribution in [2.24, 2.45) is 0 Å². The van der Waals surface area contributed by atoms with Crippen LogP contribution in [0.1, 0.15) is 29.6 Å². The van der Waals surface area contributed by atoms with Gasteiger partial charge in [-0.1, -0.05) is 30.2 Å². The first kappa shape index (κ1) is 15.4. The number of aromatic carboxylic acids is 1. The third-order valence-electron chi connectivity index (χ3n) is 4.19. The van der Waals surface area contributed by atoms with Crippen LogP contribution in [-0.2, 0) is 16.4 Å². The van der Waals surface area contributed by atoms with E-state index in [2.05, 4.69) is 0 Å². The first-order valence-corrected chi connectivity index (χ1v) is 9.22. The Hall–Kier alpha value is -1.53. The highest BCUT2D eigenvalue weighted by Crippen LogP contribution is 2.30. The molecular weight excluding hydrogens is 326 g/mol. The van der Waals surface area contributed by atoms with Crippen LogP contribution < -0.4 is 0 Å². The zero-order chi connectivity index (χ0) is 15.9. The lowest BCUT2D eigenvalue weighted by molar-refractivity contribution is 0.0698. The summed E-state index contributed by atoms with van der Waals surface area (Å²) in [4.78, 5) is 11.4. The van der Waals surface area contributed by atoms with E-state index in [4.69, 9.17) is 11.6 Å². The van der Waals surface area contributed by atoms with Gasteiger partial charge in [-0.15, -0.1) is 0 Å². The molecule has 22 heavy (non-hydrogen) atoms. The van der Waals surface area contributed by atoms with Gasteiger partial charge in [0.25, 0.3) is 0 Å². The van der Waals surface area contributed by atoms with Crippen molar-refractivity contribution in [1.29, 1.82) is 0 Å². The van der Waals surface area contributed by atoms with Gasteiger partial charge in [0.15, 0.2) is 9.84 Å². The van der Waals surface area contributed by atoms with Crippen LogP contribution >= 0.6 is 11.6 Å². The summed E-state index contributed by atoms with van der Waals surface area (Å²) >= 11 is 6.21. The van der Waals surface area contributed by atoms with E-state index in [0.717, 1.165) is 6.42 Å². The Balaban J connectivity index is 2.09. The molecule has 0 saturated carbocycles. The third-order valence-corrected chi connectivity index (χ3v) is 6.76. The number of aromatic nitrogens is 1. The highest BCUT2D eigenvalue weighted by molar-refractivity contribution is 7.92. The Labute approximate surface area is 133 Å². The van der Waals surface area contributed by atoms with E-state index in [0.29, 0.717) is 28.8 Å². The van der Waals surface area contributed by atoms with E-state index in [-0.39, 0.29) is 17.9 Å². The molecule has 1 fully saturated rings. The largest absolute Gasteiger partial charge is 0.478 e. The maximum absolute atomic E-state index is 12.2. The normalized spacial score (nSPS) is 21.0. The predicted octanol–water partition coefficient (Wildman–Crippen LogP) is 2.96.